The molecule has 0 aliphatic carbocycles. The van der Waals surface area contributed by atoms with Gasteiger partial charge in [-0.05, 0) is 50.7 Å². The van der Waals surface area contributed by atoms with Gasteiger partial charge < -0.3 is 10.0 Å². The topological polar surface area (TPSA) is 98.8 Å². The van der Waals surface area contributed by atoms with Gasteiger partial charge in [0.25, 0.3) is 5.78 Å². The van der Waals surface area contributed by atoms with E-state index in [0.717, 1.165) is 99.5 Å². The van der Waals surface area contributed by atoms with Crippen molar-refractivity contribution in [2.45, 2.75) is 40.2 Å². The lowest BCUT2D eigenvalue weighted by molar-refractivity contribution is 0.108. The summed E-state index contributed by atoms with van der Waals surface area (Å²) < 4.78 is 1.88. The highest BCUT2D eigenvalue weighted by Gasteiger charge is 2.26. The average Bonchev–Trinajstić information content (AvgIpc) is 3.59. The maximum Gasteiger partial charge on any atom is 0.252 e. The predicted octanol–water partition coefficient (Wildman–Crippen LogP) is 2.69. The molecule has 2 fully saturated rings. The van der Waals surface area contributed by atoms with Gasteiger partial charge in [-0.25, -0.2) is 19.5 Å². The molecule has 2 saturated heterocycles. The van der Waals surface area contributed by atoms with Gasteiger partial charge in [0.1, 0.15) is 5.82 Å². The van der Waals surface area contributed by atoms with Crippen LogP contribution in [0.15, 0.2) is 36.7 Å². The Hall–Kier alpha value is -3.47. The van der Waals surface area contributed by atoms with Crippen molar-refractivity contribution in [1.82, 2.24) is 39.3 Å². The number of rotatable bonds is 8. The first-order valence-electron chi connectivity index (χ1n) is 14.4. The molecule has 1 atom stereocenters. The number of aryl methyl sites for hydroxylation is 3. The average molecular weight is 542 g/mol. The summed E-state index contributed by atoms with van der Waals surface area (Å²) in [5.74, 6) is 2.75. The number of hydrogen-bond acceptors (Lipinski definition) is 9. The lowest BCUT2D eigenvalue weighted by Gasteiger charge is -2.34. The zero-order chi connectivity index (χ0) is 27.6. The maximum atomic E-state index is 9.14. The van der Waals surface area contributed by atoms with Crippen molar-refractivity contribution in [2.75, 3.05) is 57.3 Å². The second-order valence-corrected chi connectivity index (χ2v) is 11.2. The second-order valence-electron chi connectivity index (χ2n) is 11.2. The fraction of sp³-hybridized carbons (Fsp3) is 0.500. The number of fused-ring (bicyclic) bond motifs is 1. The van der Waals surface area contributed by atoms with E-state index in [1.165, 1.54) is 11.1 Å². The van der Waals surface area contributed by atoms with Gasteiger partial charge in [0.2, 0.25) is 0 Å². The van der Waals surface area contributed by atoms with Crippen LogP contribution in [0.25, 0.3) is 17.2 Å². The summed E-state index contributed by atoms with van der Waals surface area (Å²) in [4.78, 5) is 25.8. The van der Waals surface area contributed by atoms with Gasteiger partial charge in [-0.3, -0.25) is 9.80 Å². The van der Waals surface area contributed by atoms with Crippen LogP contribution < -0.4 is 4.90 Å². The van der Waals surface area contributed by atoms with E-state index >= 15 is 0 Å². The molecule has 0 saturated carbocycles. The SMILES string of the molecule is Cc1nc2nc(C)c(CC3CCN(c4cnc(-c5ccc(CN6CCN(CCO)CC6)cc5)nc4)C3)c(C)n2n1. The second kappa shape index (κ2) is 11.6. The molecule has 6 rings (SSSR count). The number of anilines is 1. The van der Waals surface area contributed by atoms with Gasteiger partial charge in [0, 0.05) is 69.3 Å². The van der Waals surface area contributed by atoms with E-state index in [-0.39, 0.29) is 6.61 Å². The van der Waals surface area contributed by atoms with Crippen LogP contribution in [0, 0.1) is 26.7 Å². The Bertz CT molecular complexity index is 1440. The summed E-state index contributed by atoms with van der Waals surface area (Å²) in [5.41, 5.74) is 6.90. The largest absolute Gasteiger partial charge is 0.395 e. The fourth-order valence-electron chi connectivity index (χ4n) is 6.09. The zero-order valence-electron chi connectivity index (χ0n) is 23.8. The quantitative estimate of drug-likeness (QED) is 0.361. The molecule has 2 aliphatic rings. The van der Waals surface area contributed by atoms with Crippen molar-refractivity contribution in [3.8, 4) is 11.4 Å². The summed E-state index contributed by atoms with van der Waals surface area (Å²) in [6.45, 7) is 14.2. The molecular weight excluding hydrogens is 502 g/mol. The lowest BCUT2D eigenvalue weighted by Crippen LogP contribution is -2.46. The molecule has 0 radical (unpaired) electrons. The van der Waals surface area contributed by atoms with Crippen molar-refractivity contribution in [1.29, 1.82) is 0 Å². The molecule has 3 aromatic heterocycles. The molecule has 1 unspecified atom stereocenters. The molecule has 1 aromatic carbocycles. The minimum Gasteiger partial charge on any atom is -0.395 e. The summed E-state index contributed by atoms with van der Waals surface area (Å²) in [7, 11) is 0. The van der Waals surface area contributed by atoms with E-state index in [2.05, 4.69) is 62.9 Å². The van der Waals surface area contributed by atoms with Crippen LogP contribution >= 0.6 is 0 Å². The van der Waals surface area contributed by atoms with Gasteiger partial charge in [0.15, 0.2) is 5.82 Å². The maximum absolute atomic E-state index is 9.14. The van der Waals surface area contributed by atoms with Crippen LogP contribution in [0.1, 0.15) is 34.8 Å². The molecule has 210 valence electrons. The van der Waals surface area contributed by atoms with Crippen LogP contribution in [-0.4, -0.2) is 96.9 Å². The van der Waals surface area contributed by atoms with Crippen molar-refractivity contribution < 1.29 is 5.11 Å². The fourth-order valence-corrected chi connectivity index (χ4v) is 6.09. The number of β-amino-alcohol motifs (C(OH)–C–C–N with tert-alkyl or cyclic N) is 1. The summed E-state index contributed by atoms with van der Waals surface area (Å²) in [6.07, 6.45) is 6.05. The first-order valence-corrected chi connectivity index (χ1v) is 14.4. The highest BCUT2D eigenvalue weighted by atomic mass is 16.3. The van der Waals surface area contributed by atoms with Crippen molar-refractivity contribution in [2.24, 2.45) is 5.92 Å². The van der Waals surface area contributed by atoms with Crippen LogP contribution in [-0.2, 0) is 13.0 Å². The monoisotopic (exact) mass is 541 g/mol. The zero-order valence-corrected chi connectivity index (χ0v) is 23.8. The first-order chi connectivity index (χ1) is 19.5. The van der Waals surface area contributed by atoms with E-state index in [4.69, 9.17) is 20.1 Å². The number of aromatic nitrogens is 6. The van der Waals surface area contributed by atoms with Gasteiger partial charge in [-0.1, -0.05) is 24.3 Å². The van der Waals surface area contributed by atoms with Crippen molar-refractivity contribution >= 4 is 11.5 Å². The molecule has 0 spiro atoms. The number of nitrogens with zero attached hydrogens (tertiary/aromatic N) is 9. The Morgan fingerprint density at radius 1 is 0.900 bits per heavy atom. The minimum atomic E-state index is 0.239. The van der Waals surface area contributed by atoms with Crippen LogP contribution in [0.2, 0.25) is 0 Å². The number of aliphatic hydroxyl groups is 1. The third-order valence-electron chi connectivity index (χ3n) is 8.44. The van der Waals surface area contributed by atoms with E-state index in [0.29, 0.717) is 11.7 Å². The van der Waals surface area contributed by atoms with Crippen molar-refractivity contribution in [3.63, 3.8) is 0 Å². The Kier molecular flexibility index (Phi) is 7.73. The van der Waals surface area contributed by atoms with Gasteiger partial charge in [-0.15, -0.1) is 0 Å². The standard InChI is InChI=1S/C30H39N9O/c1-21-28(22(2)39-30(33-21)34-23(3)35-39)16-25-8-9-38(20-25)27-17-31-29(32-18-27)26-6-4-24(5-7-26)19-37-12-10-36(11-13-37)14-15-40/h4-7,17-18,25,40H,8-16,19-20H2,1-3H3. The Morgan fingerprint density at radius 2 is 1.62 bits per heavy atom. The van der Waals surface area contributed by atoms with E-state index in [1.54, 1.807) is 0 Å². The molecular formula is C30H39N9O. The molecule has 2 aliphatic heterocycles. The Morgan fingerprint density at radius 3 is 2.35 bits per heavy atom. The molecule has 40 heavy (non-hydrogen) atoms. The molecule has 1 N–H and O–H groups in total. The lowest BCUT2D eigenvalue weighted by atomic mass is 9.96. The third-order valence-corrected chi connectivity index (χ3v) is 8.44. The summed E-state index contributed by atoms with van der Waals surface area (Å²) in [6, 6.07) is 8.64. The molecule has 10 nitrogen and oxygen atoms in total. The minimum absolute atomic E-state index is 0.239. The van der Waals surface area contributed by atoms with Crippen LogP contribution in [0.4, 0.5) is 5.69 Å². The number of hydrogen-bond donors (Lipinski definition) is 1. The van der Waals surface area contributed by atoms with Crippen molar-refractivity contribution in [3.05, 3.63) is 65.0 Å². The van der Waals surface area contributed by atoms with Crippen LogP contribution in [0.3, 0.4) is 0 Å². The van der Waals surface area contributed by atoms with E-state index < -0.39 is 0 Å². The molecule has 0 amide bonds. The molecule has 0 bridgehead atoms. The smallest absolute Gasteiger partial charge is 0.252 e. The summed E-state index contributed by atoms with van der Waals surface area (Å²) >= 11 is 0. The van der Waals surface area contributed by atoms with Gasteiger partial charge in [0.05, 0.1) is 24.7 Å². The van der Waals surface area contributed by atoms with Gasteiger partial charge >= 0.3 is 0 Å². The number of benzene rings is 1. The normalized spacial score (nSPS) is 18.7. The number of piperazine rings is 1. The Balaban J connectivity index is 1.05. The predicted molar refractivity (Wildman–Crippen MR) is 155 cm³/mol. The highest BCUT2D eigenvalue weighted by Crippen LogP contribution is 2.28. The van der Waals surface area contributed by atoms with E-state index in [1.807, 2.05) is 23.8 Å². The molecule has 4 aromatic rings. The summed E-state index contributed by atoms with van der Waals surface area (Å²) in [5, 5.41) is 13.7. The Labute approximate surface area is 235 Å². The van der Waals surface area contributed by atoms with Crippen LogP contribution in [0.5, 0.6) is 0 Å². The number of aliphatic hydroxyl groups excluding tert-OH is 1. The highest BCUT2D eigenvalue weighted by molar-refractivity contribution is 5.57. The first kappa shape index (κ1) is 26.7. The molecule has 5 heterocycles. The third kappa shape index (κ3) is 5.70. The molecule has 10 heteroatoms. The van der Waals surface area contributed by atoms with Gasteiger partial charge in [-0.2, -0.15) is 10.1 Å². The van der Waals surface area contributed by atoms with E-state index in [9.17, 15) is 0 Å².